The molecule has 3 aromatic rings. The zero-order valence-electron chi connectivity index (χ0n) is 13.9. The lowest BCUT2D eigenvalue weighted by molar-refractivity contribution is 0.0963. The number of carbonyl (C=O) groups excluding carboxylic acids is 1. The molecule has 1 aromatic carbocycles. The summed E-state index contributed by atoms with van der Waals surface area (Å²) in [5, 5.41) is 6.06. The maximum absolute atomic E-state index is 11.9. The third-order valence-corrected chi connectivity index (χ3v) is 3.75. The molecule has 132 valence electrons. The number of anilines is 3. The molecule has 4 N–H and O–H groups in total. The minimum Gasteiger partial charge on any atom is -0.456 e. The van der Waals surface area contributed by atoms with Crippen LogP contribution in [0.15, 0.2) is 54.9 Å². The van der Waals surface area contributed by atoms with E-state index in [9.17, 15) is 4.79 Å². The van der Waals surface area contributed by atoms with E-state index in [4.69, 9.17) is 22.1 Å². The molecule has 3 rings (SSSR count). The molecule has 0 radical (unpaired) electrons. The number of nitrogens with one attached hydrogen (secondary N) is 2. The van der Waals surface area contributed by atoms with Crippen LogP contribution in [0.1, 0.15) is 10.4 Å². The van der Waals surface area contributed by atoms with Gasteiger partial charge in [0.1, 0.15) is 23.1 Å². The number of pyridine rings is 2. The molecule has 0 aliphatic heterocycles. The summed E-state index contributed by atoms with van der Waals surface area (Å²) >= 11 is 6.30. The second-order valence-corrected chi connectivity index (χ2v) is 5.67. The van der Waals surface area contributed by atoms with Gasteiger partial charge in [0.15, 0.2) is 0 Å². The van der Waals surface area contributed by atoms with Crippen LogP contribution in [-0.4, -0.2) is 22.9 Å². The van der Waals surface area contributed by atoms with Crippen molar-refractivity contribution in [2.45, 2.75) is 0 Å². The number of carbonyl (C=O) groups is 1. The lowest BCUT2D eigenvalue weighted by Crippen LogP contribution is -2.19. The van der Waals surface area contributed by atoms with E-state index in [1.165, 1.54) is 0 Å². The first kappa shape index (κ1) is 17.5. The quantitative estimate of drug-likeness (QED) is 0.635. The molecule has 0 fully saturated rings. The van der Waals surface area contributed by atoms with Crippen molar-refractivity contribution in [3.8, 4) is 11.5 Å². The van der Waals surface area contributed by atoms with Gasteiger partial charge < -0.3 is 21.1 Å². The fraction of sp³-hybridized carbons (Fsp3) is 0.0556. The molecule has 0 saturated heterocycles. The van der Waals surface area contributed by atoms with Crippen LogP contribution >= 0.6 is 11.6 Å². The van der Waals surface area contributed by atoms with Gasteiger partial charge in [-0.1, -0.05) is 11.6 Å². The Morgan fingerprint density at radius 3 is 2.73 bits per heavy atom. The van der Waals surface area contributed by atoms with E-state index in [1.54, 1.807) is 61.9 Å². The largest absolute Gasteiger partial charge is 0.456 e. The van der Waals surface area contributed by atoms with Crippen LogP contribution in [0.3, 0.4) is 0 Å². The Bertz CT molecular complexity index is 948. The van der Waals surface area contributed by atoms with Crippen molar-refractivity contribution < 1.29 is 9.53 Å². The van der Waals surface area contributed by atoms with Gasteiger partial charge in [0.05, 0.1) is 10.6 Å². The number of nitrogens with two attached hydrogens (primary N) is 1. The predicted molar refractivity (Wildman–Crippen MR) is 101 cm³/mol. The first-order valence-corrected chi connectivity index (χ1v) is 8.07. The van der Waals surface area contributed by atoms with E-state index >= 15 is 0 Å². The van der Waals surface area contributed by atoms with Gasteiger partial charge in [0.2, 0.25) is 0 Å². The van der Waals surface area contributed by atoms with Crippen molar-refractivity contribution in [3.05, 3.63) is 65.4 Å². The Labute approximate surface area is 155 Å². The van der Waals surface area contributed by atoms with Crippen LogP contribution in [0.2, 0.25) is 5.02 Å². The van der Waals surface area contributed by atoms with Crippen LogP contribution in [0.4, 0.5) is 17.3 Å². The maximum Gasteiger partial charge on any atom is 0.254 e. The lowest BCUT2D eigenvalue weighted by Gasteiger charge is -2.12. The number of nitrogen functional groups attached to an aromatic ring is 1. The van der Waals surface area contributed by atoms with E-state index in [0.717, 1.165) is 0 Å². The average Bonchev–Trinajstić information content (AvgIpc) is 2.64. The molecule has 8 heteroatoms. The van der Waals surface area contributed by atoms with Crippen molar-refractivity contribution in [1.29, 1.82) is 0 Å². The fourth-order valence-electron chi connectivity index (χ4n) is 2.24. The van der Waals surface area contributed by atoms with E-state index in [0.29, 0.717) is 39.4 Å². The Kier molecular flexibility index (Phi) is 5.19. The Morgan fingerprint density at radius 1 is 1.15 bits per heavy atom. The number of amides is 1. The Morgan fingerprint density at radius 2 is 2.00 bits per heavy atom. The summed E-state index contributed by atoms with van der Waals surface area (Å²) in [5.41, 5.74) is 6.73. The molecule has 0 atom stereocenters. The summed E-state index contributed by atoms with van der Waals surface area (Å²) in [7, 11) is 1.56. The molecular formula is C18H16ClN5O2. The van der Waals surface area contributed by atoms with Crippen molar-refractivity contribution >= 4 is 34.8 Å². The van der Waals surface area contributed by atoms with Gasteiger partial charge in [-0.2, -0.15) is 0 Å². The monoisotopic (exact) mass is 369 g/mol. The van der Waals surface area contributed by atoms with Crippen LogP contribution in [-0.2, 0) is 0 Å². The normalized spacial score (nSPS) is 10.2. The SMILES string of the molecule is CNC(=O)c1cccnc1Nc1ccc(Oc2ccnc(N)c2)c(Cl)c1. The smallest absolute Gasteiger partial charge is 0.254 e. The minimum absolute atomic E-state index is 0.234. The third-order valence-electron chi connectivity index (χ3n) is 3.45. The van der Waals surface area contributed by atoms with Crippen LogP contribution in [0, 0.1) is 0 Å². The second-order valence-electron chi connectivity index (χ2n) is 5.27. The summed E-state index contributed by atoms with van der Waals surface area (Å²) in [4.78, 5) is 20.0. The number of hydrogen-bond acceptors (Lipinski definition) is 6. The molecule has 26 heavy (non-hydrogen) atoms. The molecule has 0 aliphatic rings. The van der Waals surface area contributed by atoms with E-state index < -0.39 is 0 Å². The van der Waals surface area contributed by atoms with Gasteiger partial charge in [0, 0.05) is 31.2 Å². The highest BCUT2D eigenvalue weighted by molar-refractivity contribution is 6.32. The first-order valence-electron chi connectivity index (χ1n) is 7.70. The van der Waals surface area contributed by atoms with Crippen LogP contribution in [0.5, 0.6) is 11.5 Å². The van der Waals surface area contributed by atoms with Crippen molar-refractivity contribution in [2.75, 3.05) is 18.1 Å². The predicted octanol–water partition coefficient (Wildman–Crippen LogP) is 3.61. The van der Waals surface area contributed by atoms with Crippen molar-refractivity contribution in [1.82, 2.24) is 15.3 Å². The maximum atomic E-state index is 11.9. The van der Waals surface area contributed by atoms with Gasteiger partial charge >= 0.3 is 0 Å². The second kappa shape index (κ2) is 7.71. The molecule has 7 nitrogen and oxygen atoms in total. The van der Waals surface area contributed by atoms with Crippen LogP contribution in [0.25, 0.3) is 0 Å². The molecule has 0 saturated carbocycles. The zero-order chi connectivity index (χ0) is 18.5. The van der Waals surface area contributed by atoms with E-state index in [1.807, 2.05) is 0 Å². The zero-order valence-corrected chi connectivity index (χ0v) is 14.6. The number of ether oxygens (including phenoxy) is 1. The molecule has 0 spiro atoms. The highest BCUT2D eigenvalue weighted by Crippen LogP contribution is 2.33. The molecule has 1 amide bonds. The highest BCUT2D eigenvalue weighted by atomic mass is 35.5. The van der Waals surface area contributed by atoms with Crippen molar-refractivity contribution in [2.24, 2.45) is 0 Å². The van der Waals surface area contributed by atoms with Gasteiger partial charge in [-0.25, -0.2) is 9.97 Å². The number of benzene rings is 1. The molecule has 0 aliphatic carbocycles. The Balaban J connectivity index is 1.81. The van der Waals surface area contributed by atoms with Gasteiger partial charge in [-0.15, -0.1) is 0 Å². The first-order chi connectivity index (χ1) is 12.6. The minimum atomic E-state index is -0.234. The molecule has 0 bridgehead atoms. The molecular weight excluding hydrogens is 354 g/mol. The average molecular weight is 370 g/mol. The van der Waals surface area contributed by atoms with E-state index in [-0.39, 0.29) is 5.91 Å². The summed E-state index contributed by atoms with van der Waals surface area (Å²) in [6.45, 7) is 0. The topological polar surface area (TPSA) is 102 Å². The number of aromatic nitrogens is 2. The molecule has 2 aromatic heterocycles. The molecule has 2 heterocycles. The number of halogens is 1. The fourth-order valence-corrected chi connectivity index (χ4v) is 2.46. The van der Waals surface area contributed by atoms with Gasteiger partial charge in [0.25, 0.3) is 5.91 Å². The van der Waals surface area contributed by atoms with Gasteiger partial charge in [-0.05, 0) is 36.4 Å². The van der Waals surface area contributed by atoms with Crippen LogP contribution < -0.4 is 21.1 Å². The summed E-state index contributed by atoms with van der Waals surface area (Å²) in [5.74, 6) is 1.55. The lowest BCUT2D eigenvalue weighted by atomic mass is 10.2. The van der Waals surface area contributed by atoms with Gasteiger partial charge in [-0.3, -0.25) is 4.79 Å². The number of hydrogen-bond donors (Lipinski definition) is 3. The summed E-state index contributed by atoms with van der Waals surface area (Å²) < 4.78 is 5.72. The standard InChI is InChI=1S/C18H16ClN5O2/c1-21-18(25)13-3-2-7-23-17(13)24-11-4-5-15(14(19)9-11)26-12-6-8-22-16(20)10-12/h2-10H,1H3,(H2,20,22)(H,21,25)(H,23,24). The molecule has 0 unspecified atom stereocenters. The third kappa shape index (κ3) is 4.01. The van der Waals surface area contributed by atoms with Crippen molar-refractivity contribution in [3.63, 3.8) is 0 Å². The summed E-state index contributed by atoms with van der Waals surface area (Å²) in [6, 6.07) is 11.8. The number of rotatable bonds is 5. The summed E-state index contributed by atoms with van der Waals surface area (Å²) in [6.07, 6.45) is 3.15. The van der Waals surface area contributed by atoms with E-state index in [2.05, 4.69) is 20.6 Å². The highest BCUT2D eigenvalue weighted by Gasteiger charge is 2.12. The number of nitrogens with zero attached hydrogens (tertiary/aromatic N) is 2. The Hall–Kier alpha value is -3.32.